The fourth-order valence-electron chi connectivity index (χ4n) is 1.23. The Morgan fingerprint density at radius 2 is 2.18 bits per heavy atom. The zero-order valence-electron chi connectivity index (χ0n) is 8.63. The van der Waals surface area contributed by atoms with E-state index in [0.717, 1.165) is 10.7 Å². The van der Waals surface area contributed by atoms with Crippen LogP contribution < -0.4 is 10.5 Å². The molecule has 1 aromatic carbocycles. The van der Waals surface area contributed by atoms with Crippen molar-refractivity contribution in [3.8, 4) is 5.75 Å². The van der Waals surface area contributed by atoms with Crippen molar-refractivity contribution >= 4 is 30.8 Å². The maximum atomic E-state index is 11.6. The molecular weight excluding hydrogens is 308 g/mol. The third-order valence-electron chi connectivity index (χ3n) is 2.11. The summed E-state index contributed by atoms with van der Waals surface area (Å²) >= 11 is 3.29. The van der Waals surface area contributed by atoms with E-state index in [-0.39, 0.29) is 16.7 Å². The second-order valence-electron chi connectivity index (χ2n) is 3.30. The van der Waals surface area contributed by atoms with Gasteiger partial charge in [-0.05, 0) is 18.2 Å². The van der Waals surface area contributed by atoms with E-state index in [9.17, 15) is 8.42 Å². The molecule has 1 aromatic rings. The Labute approximate surface area is 107 Å². The fraction of sp³-hybridized carbons (Fsp3) is 0.100. The normalized spacial score (nSPS) is 17.5. The summed E-state index contributed by atoms with van der Waals surface area (Å²) in [4.78, 5) is 3.71. The zero-order valence-corrected chi connectivity index (χ0v) is 11.0. The number of ether oxygens (including phenoxy) is 1. The maximum absolute atomic E-state index is 11.6. The Balaban J connectivity index is 2.07. The first-order chi connectivity index (χ1) is 8.00. The van der Waals surface area contributed by atoms with Crippen molar-refractivity contribution < 1.29 is 13.2 Å². The van der Waals surface area contributed by atoms with Gasteiger partial charge in [-0.25, -0.2) is 13.4 Å². The Bertz CT molecular complexity index is 608. The SMILES string of the molecule is NC1=CN=C(COc2cccc(Br)c2)S1(=O)=O. The van der Waals surface area contributed by atoms with Crippen LogP contribution in [0.5, 0.6) is 5.75 Å². The number of nitrogens with zero attached hydrogens (tertiary/aromatic N) is 1. The summed E-state index contributed by atoms with van der Waals surface area (Å²) in [5.41, 5.74) is 5.29. The van der Waals surface area contributed by atoms with E-state index in [1.165, 1.54) is 0 Å². The second kappa shape index (κ2) is 4.50. The average Bonchev–Trinajstić information content (AvgIpc) is 2.52. The first kappa shape index (κ1) is 12.1. The van der Waals surface area contributed by atoms with Gasteiger partial charge in [-0.2, -0.15) is 0 Å². The molecule has 0 fully saturated rings. The molecule has 0 bridgehead atoms. The molecule has 1 heterocycles. The molecule has 0 saturated heterocycles. The van der Waals surface area contributed by atoms with E-state index in [2.05, 4.69) is 20.9 Å². The minimum absolute atomic E-state index is 0.0741. The van der Waals surface area contributed by atoms with Crippen LogP contribution in [0.3, 0.4) is 0 Å². The van der Waals surface area contributed by atoms with Gasteiger partial charge in [0.2, 0.25) is 9.84 Å². The molecule has 0 unspecified atom stereocenters. The Hall–Kier alpha value is -1.34. The lowest BCUT2D eigenvalue weighted by Crippen LogP contribution is -2.23. The molecule has 5 nitrogen and oxygen atoms in total. The van der Waals surface area contributed by atoms with Crippen molar-refractivity contribution in [1.82, 2.24) is 0 Å². The van der Waals surface area contributed by atoms with Gasteiger partial charge in [0, 0.05) is 4.47 Å². The number of aliphatic imine (C=N–C) groups is 1. The van der Waals surface area contributed by atoms with E-state index in [1.807, 2.05) is 6.07 Å². The summed E-state index contributed by atoms with van der Waals surface area (Å²) < 4.78 is 29.3. The van der Waals surface area contributed by atoms with Crippen LogP contribution in [-0.4, -0.2) is 20.1 Å². The predicted molar refractivity (Wildman–Crippen MR) is 68.3 cm³/mol. The standard InChI is InChI=1S/C10H9BrN2O3S/c11-7-2-1-3-8(4-7)16-6-10-13-5-9(12)17(10,14)15/h1-5H,6,12H2. The van der Waals surface area contributed by atoms with E-state index in [1.54, 1.807) is 18.2 Å². The predicted octanol–water partition coefficient (Wildman–Crippen LogP) is 1.41. The minimum atomic E-state index is -3.59. The lowest BCUT2D eigenvalue weighted by Gasteiger charge is -2.06. The second-order valence-corrected chi connectivity index (χ2v) is 6.17. The Kier molecular flexibility index (Phi) is 3.21. The molecular formula is C10H9BrN2O3S. The van der Waals surface area contributed by atoms with Crippen molar-refractivity contribution in [2.45, 2.75) is 0 Å². The number of hydrogen-bond donors (Lipinski definition) is 1. The smallest absolute Gasteiger partial charge is 0.239 e. The molecule has 0 spiro atoms. The van der Waals surface area contributed by atoms with Crippen LogP contribution in [0.25, 0.3) is 0 Å². The van der Waals surface area contributed by atoms with Crippen LogP contribution in [0.1, 0.15) is 0 Å². The summed E-state index contributed by atoms with van der Waals surface area (Å²) in [6.45, 7) is -0.129. The van der Waals surface area contributed by atoms with Crippen LogP contribution >= 0.6 is 15.9 Å². The number of nitrogens with two attached hydrogens (primary N) is 1. The number of hydrogen-bond acceptors (Lipinski definition) is 5. The molecule has 1 aliphatic rings. The Morgan fingerprint density at radius 3 is 2.76 bits per heavy atom. The molecule has 0 aliphatic carbocycles. The molecule has 0 radical (unpaired) electrons. The number of halogens is 1. The quantitative estimate of drug-likeness (QED) is 0.914. The van der Waals surface area contributed by atoms with Gasteiger partial charge in [0.1, 0.15) is 12.4 Å². The third-order valence-corrected chi connectivity index (χ3v) is 4.18. The van der Waals surface area contributed by atoms with Crippen LogP contribution in [0.15, 0.2) is 45.0 Å². The van der Waals surface area contributed by atoms with Crippen molar-refractivity contribution in [2.24, 2.45) is 10.7 Å². The molecule has 7 heteroatoms. The van der Waals surface area contributed by atoms with E-state index < -0.39 is 9.84 Å². The number of benzene rings is 1. The fourth-order valence-corrected chi connectivity index (χ4v) is 2.47. The molecule has 17 heavy (non-hydrogen) atoms. The maximum Gasteiger partial charge on any atom is 0.239 e. The molecule has 0 aromatic heterocycles. The average molecular weight is 317 g/mol. The molecule has 0 amide bonds. The number of rotatable bonds is 3. The van der Waals surface area contributed by atoms with Crippen LogP contribution in [0.2, 0.25) is 0 Å². The zero-order chi connectivity index (χ0) is 12.5. The van der Waals surface area contributed by atoms with Gasteiger partial charge in [-0.1, -0.05) is 22.0 Å². The van der Waals surface area contributed by atoms with Gasteiger partial charge in [0.25, 0.3) is 0 Å². The largest absolute Gasteiger partial charge is 0.486 e. The highest BCUT2D eigenvalue weighted by atomic mass is 79.9. The topological polar surface area (TPSA) is 81.8 Å². The monoisotopic (exact) mass is 316 g/mol. The van der Waals surface area contributed by atoms with Crippen molar-refractivity contribution in [3.63, 3.8) is 0 Å². The summed E-state index contributed by atoms with van der Waals surface area (Å²) in [5.74, 6) is 0.558. The van der Waals surface area contributed by atoms with Crippen LogP contribution in [0.4, 0.5) is 0 Å². The van der Waals surface area contributed by atoms with Crippen molar-refractivity contribution in [1.29, 1.82) is 0 Å². The minimum Gasteiger partial charge on any atom is -0.486 e. The summed E-state index contributed by atoms with van der Waals surface area (Å²) in [5, 5.41) is -0.319. The van der Waals surface area contributed by atoms with Gasteiger partial charge >= 0.3 is 0 Å². The van der Waals surface area contributed by atoms with Gasteiger partial charge < -0.3 is 10.5 Å². The lowest BCUT2D eigenvalue weighted by molar-refractivity contribution is 0.378. The molecule has 2 rings (SSSR count). The lowest BCUT2D eigenvalue weighted by atomic mass is 10.3. The molecule has 90 valence electrons. The van der Waals surface area contributed by atoms with Gasteiger partial charge in [-0.15, -0.1) is 0 Å². The summed E-state index contributed by atoms with van der Waals surface area (Å²) in [7, 11) is -3.59. The number of sulfone groups is 1. The van der Waals surface area contributed by atoms with Crippen molar-refractivity contribution in [2.75, 3.05) is 6.61 Å². The Morgan fingerprint density at radius 1 is 1.41 bits per heavy atom. The van der Waals surface area contributed by atoms with E-state index >= 15 is 0 Å². The van der Waals surface area contributed by atoms with Gasteiger partial charge in [-0.3, -0.25) is 0 Å². The molecule has 2 N–H and O–H groups in total. The van der Waals surface area contributed by atoms with Crippen LogP contribution in [0, 0.1) is 0 Å². The first-order valence-electron chi connectivity index (χ1n) is 4.66. The van der Waals surface area contributed by atoms with Gasteiger partial charge in [0.15, 0.2) is 10.1 Å². The summed E-state index contributed by atoms with van der Waals surface area (Å²) in [6, 6.07) is 7.09. The molecule has 0 atom stereocenters. The first-order valence-corrected chi connectivity index (χ1v) is 6.93. The highest BCUT2D eigenvalue weighted by Gasteiger charge is 2.27. The highest BCUT2D eigenvalue weighted by molar-refractivity contribution is 9.10. The van der Waals surface area contributed by atoms with Crippen LogP contribution in [-0.2, 0) is 9.84 Å². The summed E-state index contributed by atoms with van der Waals surface area (Å²) in [6.07, 6.45) is 1.12. The van der Waals surface area contributed by atoms with Crippen molar-refractivity contribution in [3.05, 3.63) is 40.0 Å². The third kappa shape index (κ3) is 2.50. The van der Waals surface area contributed by atoms with E-state index in [0.29, 0.717) is 5.75 Å². The van der Waals surface area contributed by atoms with Gasteiger partial charge in [0.05, 0.1) is 6.20 Å². The molecule has 0 saturated carbocycles. The van der Waals surface area contributed by atoms with E-state index in [4.69, 9.17) is 10.5 Å². The molecule has 1 aliphatic heterocycles. The highest BCUT2D eigenvalue weighted by Crippen LogP contribution is 2.19.